The van der Waals surface area contributed by atoms with E-state index in [1.807, 2.05) is 13.8 Å². The van der Waals surface area contributed by atoms with E-state index in [-0.39, 0.29) is 0 Å². The van der Waals surface area contributed by atoms with Crippen LogP contribution in [0.1, 0.15) is 32.0 Å². The Balaban J connectivity index is 2.83. The fourth-order valence-electron chi connectivity index (χ4n) is 2.07. The maximum atomic E-state index is 5.79. The van der Waals surface area contributed by atoms with E-state index in [9.17, 15) is 0 Å². The Hall–Kier alpha value is -1.17. The van der Waals surface area contributed by atoms with E-state index in [1.165, 1.54) is 0 Å². The van der Waals surface area contributed by atoms with Crippen LogP contribution < -0.4 is 10.6 Å². The third-order valence-electron chi connectivity index (χ3n) is 3.27. The number of hydrogen-bond donors (Lipinski definition) is 1. The van der Waals surface area contributed by atoms with Crippen molar-refractivity contribution in [2.45, 2.75) is 33.7 Å². The number of aryl methyl sites for hydroxylation is 1. The molecule has 21 heavy (non-hydrogen) atoms. The molecule has 1 heterocycles. The molecular weight excluding hydrogens is 266 g/mol. The van der Waals surface area contributed by atoms with Crippen LogP contribution in [0, 0.1) is 0 Å². The van der Waals surface area contributed by atoms with E-state index in [4.69, 9.17) is 20.2 Å². The first-order valence-corrected chi connectivity index (χ1v) is 7.85. The number of nitrogens with two attached hydrogens (primary N) is 1. The van der Waals surface area contributed by atoms with Crippen molar-refractivity contribution < 1.29 is 9.47 Å². The van der Waals surface area contributed by atoms with Crippen molar-refractivity contribution in [2.75, 3.05) is 44.4 Å². The van der Waals surface area contributed by atoms with E-state index in [0.29, 0.717) is 19.8 Å². The molecule has 1 aromatic rings. The number of anilines is 1. The van der Waals surface area contributed by atoms with Gasteiger partial charge in [0.25, 0.3) is 0 Å². The van der Waals surface area contributed by atoms with Gasteiger partial charge >= 0.3 is 0 Å². The second-order valence-electron chi connectivity index (χ2n) is 4.76. The van der Waals surface area contributed by atoms with Gasteiger partial charge in [0.15, 0.2) is 0 Å². The summed E-state index contributed by atoms with van der Waals surface area (Å²) < 4.78 is 10.9. The number of pyridine rings is 1. The summed E-state index contributed by atoms with van der Waals surface area (Å²) in [6, 6.07) is 4.14. The van der Waals surface area contributed by atoms with Crippen molar-refractivity contribution >= 4 is 5.82 Å². The fourth-order valence-corrected chi connectivity index (χ4v) is 2.07. The van der Waals surface area contributed by atoms with Crippen LogP contribution in [0.3, 0.4) is 0 Å². The summed E-state index contributed by atoms with van der Waals surface area (Å²) in [7, 11) is 0. The highest BCUT2D eigenvalue weighted by molar-refractivity contribution is 5.43. The molecule has 120 valence electrons. The van der Waals surface area contributed by atoms with Gasteiger partial charge in [-0.2, -0.15) is 0 Å². The molecule has 5 heteroatoms. The lowest BCUT2D eigenvalue weighted by atomic mass is 10.2. The smallest absolute Gasteiger partial charge is 0.129 e. The second kappa shape index (κ2) is 10.5. The molecule has 0 unspecified atom stereocenters. The molecule has 1 rings (SSSR count). The van der Waals surface area contributed by atoms with Gasteiger partial charge in [-0.1, -0.05) is 6.92 Å². The summed E-state index contributed by atoms with van der Waals surface area (Å²) in [5.41, 5.74) is 7.98. The number of hydrogen-bond acceptors (Lipinski definition) is 5. The van der Waals surface area contributed by atoms with Gasteiger partial charge in [0.2, 0.25) is 0 Å². The molecule has 0 atom stereocenters. The van der Waals surface area contributed by atoms with Crippen molar-refractivity contribution in [2.24, 2.45) is 5.73 Å². The van der Waals surface area contributed by atoms with E-state index >= 15 is 0 Å². The van der Waals surface area contributed by atoms with Crippen molar-refractivity contribution in [3.8, 4) is 0 Å². The molecule has 0 aliphatic heterocycles. The molecule has 0 fully saturated rings. The van der Waals surface area contributed by atoms with Crippen molar-refractivity contribution in [3.63, 3.8) is 0 Å². The minimum absolute atomic E-state index is 0.535. The lowest BCUT2D eigenvalue weighted by Crippen LogP contribution is -2.32. The van der Waals surface area contributed by atoms with Crippen LogP contribution in [0.5, 0.6) is 0 Å². The monoisotopic (exact) mass is 295 g/mol. The predicted octanol–water partition coefficient (Wildman–Crippen LogP) is 1.98. The third kappa shape index (κ3) is 6.42. The Bertz CT molecular complexity index is 367. The largest absolute Gasteiger partial charge is 0.380 e. The van der Waals surface area contributed by atoms with Crippen LogP contribution in [-0.4, -0.2) is 44.5 Å². The van der Waals surface area contributed by atoms with Gasteiger partial charge in [0, 0.05) is 38.5 Å². The lowest BCUT2D eigenvalue weighted by Gasteiger charge is -2.24. The molecule has 0 radical (unpaired) electrons. The first kappa shape index (κ1) is 17.9. The molecule has 0 amide bonds. The molecule has 0 saturated heterocycles. The second-order valence-corrected chi connectivity index (χ2v) is 4.76. The van der Waals surface area contributed by atoms with E-state index in [1.54, 1.807) is 0 Å². The van der Waals surface area contributed by atoms with Gasteiger partial charge in [0.05, 0.1) is 13.2 Å². The highest BCUT2D eigenvalue weighted by Crippen LogP contribution is 2.15. The Morgan fingerprint density at radius 3 is 2.14 bits per heavy atom. The Kier molecular flexibility index (Phi) is 8.98. The fraction of sp³-hybridized carbons (Fsp3) is 0.688. The molecule has 5 nitrogen and oxygen atoms in total. The van der Waals surface area contributed by atoms with Crippen LogP contribution in [0.15, 0.2) is 12.1 Å². The number of ether oxygens (including phenoxy) is 2. The standard InChI is InChI=1S/C16H29N3O2/c1-4-15-11-14(13-17)12-16(18-15)19(7-9-20-5-2)8-10-21-6-3/h11-12H,4-10,13,17H2,1-3H3. The van der Waals surface area contributed by atoms with Gasteiger partial charge in [-0.05, 0) is 38.0 Å². The molecule has 2 N–H and O–H groups in total. The summed E-state index contributed by atoms with van der Waals surface area (Å²) in [5, 5.41) is 0. The zero-order chi connectivity index (χ0) is 15.5. The molecule has 0 aromatic carbocycles. The van der Waals surface area contributed by atoms with Crippen molar-refractivity contribution in [1.29, 1.82) is 0 Å². The molecule has 0 aliphatic rings. The SMILES string of the molecule is CCOCCN(CCOCC)c1cc(CN)cc(CC)n1. The van der Waals surface area contributed by atoms with Crippen molar-refractivity contribution in [3.05, 3.63) is 23.4 Å². The average molecular weight is 295 g/mol. The minimum Gasteiger partial charge on any atom is -0.380 e. The first-order chi connectivity index (χ1) is 10.2. The highest BCUT2D eigenvalue weighted by atomic mass is 16.5. The minimum atomic E-state index is 0.535. The lowest BCUT2D eigenvalue weighted by molar-refractivity contribution is 0.141. The van der Waals surface area contributed by atoms with Crippen LogP contribution in [0.4, 0.5) is 5.82 Å². The molecule has 0 spiro atoms. The van der Waals surface area contributed by atoms with Crippen LogP contribution in [0.2, 0.25) is 0 Å². The Morgan fingerprint density at radius 1 is 1.05 bits per heavy atom. The van der Waals surface area contributed by atoms with E-state index < -0.39 is 0 Å². The Morgan fingerprint density at radius 2 is 1.67 bits per heavy atom. The normalized spacial score (nSPS) is 10.9. The molecule has 0 saturated carbocycles. The summed E-state index contributed by atoms with van der Waals surface area (Å²) in [6.45, 7) is 11.1. The average Bonchev–Trinajstić information content (AvgIpc) is 2.53. The van der Waals surface area contributed by atoms with Crippen molar-refractivity contribution in [1.82, 2.24) is 4.98 Å². The highest BCUT2D eigenvalue weighted by Gasteiger charge is 2.10. The van der Waals surface area contributed by atoms with Gasteiger partial charge in [-0.3, -0.25) is 0 Å². The number of nitrogens with zero attached hydrogens (tertiary/aromatic N) is 2. The molecule has 1 aromatic heterocycles. The molecule has 0 bridgehead atoms. The molecule has 0 aliphatic carbocycles. The first-order valence-electron chi connectivity index (χ1n) is 7.85. The zero-order valence-corrected chi connectivity index (χ0v) is 13.6. The van der Waals surface area contributed by atoms with Gasteiger partial charge in [0.1, 0.15) is 5.82 Å². The predicted molar refractivity (Wildman–Crippen MR) is 86.7 cm³/mol. The third-order valence-corrected chi connectivity index (χ3v) is 3.27. The maximum absolute atomic E-state index is 5.79. The van der Waals surface area contributed by atoms with E-state index in [2.05, 4.69) is 24.0 Å². The van der Waals surface area contributed by atoms with Crippen LogP contribution >= 0.6 is 0 Å². The van der Waals surface area contributed by atoms with Gasteiger partial charge < -0.3 is 20.1 Å². The maximum Gasteiger partial charge on any atom is 0.129 e. The number of rotatable bonds is 11. The molecular formula is C16H29N3O2. The van der Waals surface area contributed by atoms with Crippen LogP contribution in [-0.2, 0) is 22.4 Å². The van der Waals surface area contributed by atoms with Gasteiger partial charge in [-0.25, -0.2) is 4.98 Å². The quantitative estimate of drug-likeness (QED) is 0.633. The van der Waals surface area contributed by atoms with Gasteiger partial charge in [-0.15, -0.1) is 0 Å². The summed E-state index contributed by atoms with van der Waals surface area (Å²) in [5.74, 6) is 0.967. The number of aromatic nitrogens is 1. The summed E-state index contributed by atoms with van der Waals surface area (Å²) in [4.78, 5) is 6.93. The Labute approximate surface area is 128 Å². The zero-order valence-electron chi connectivity index (χ0n) is 13.6. The van der Waals surface area contributed by atoms with E-state index in [0.717, 1.165) is 49.8 Å². The summed E-state index contributed by atoms with van der Waals surface area (Å²) in [6.07, 6.45) is 0.908. The topological polar surface area (TPSA) is 60.6 Å². The summed E-state index contributed by atoms with van der Waals surface area (Å²) >= 11 is 0. The van der Waals surface area contributed by atoms with Crippen LogP contribution in [0.25, 0.3) is 0 Å².